The third-order valence-electron chi connectivity index (χ3n) is 5.15. The van der Waals surface area contributed by atoms with Crippen molar-refractivity contribution in [3.8, 4) is 0 Å². The minimum Gasteiger partial charge on any atom is -0.274 e. The summed E-state index contributed by atoms with van der Waals surface area (Å²) < 4.78 is 0. The highest BCUT2D eigenvalue weighted by Gasteiger charge is 2.60. The van der Waals surface area contributed by atoms with Gasteiger partial charge in [-0.1, -0.05) is 48.6 Å². The number of amides is 2. The molecule has 1 heterocycles. The van der Waals surface area contributed by atoms with Crippen LogP contribution in [0, 0.1) is 23.7 Å². The lowest BCUT2D eigenvalue weighted by molar-refractivity contribution is -0.142. The molecule has 0 aromatic heterocycles. The molecule has 21 heavy (non-hydrogen) atoms. The second-order valence-electron chi connectivity index (χ2n) is 6.14. The van der Waals surface area contributed by atoms with E-state index in [9.17, 15) is 9.59 Å². The van der Waals surface area contributed by atoms with Crippen LogP contribution >= 0.6 is 0 Å². The topological polar surface area (TPSA) is 37.4 Å². The predicted octanol–water partition coefficient (Wildman–Crippen LogP) is 2.72. The summed E-state index contributed by atoms with van der Waals surface area (Å²) in [6, 6.07) is 9.29. The molecule has 106 valence electrons. The van der Waals surface area contributed by atoms with Crippen LogP contribution in [-0.2, 0) is 9.59 Å². The van der Waals surface area contributed by atoms with Crippen molar-refractivity contribution in [2.24, 2.45) is 23.7 Å². The van der Waals surface area contributed by atoms with Gasteiger partial charge in [0, 0.05) is 0 Å². The molecule has 2 bridgehead atoms. The average Bonchev–Trinajstić information content (AvgIpc) is 3.18. The molecular weight excluding hydrogens is 262 g/mol. The molecule has 5 atom stereocenters. The molecule has 3 heteroatoms. The summed E-state index contributed by atoms with van der Waals surface area (Å²) in [4.78, 5) is 27.0. The number of fused-ring (bicyclic) bond motifs is 5. The minimum absolute atomic E-state index is 0.0180. The summed E-state index contributed by atoms with van der Waals surface area (Å²) >= 11 is 0. The molecule has 0 spiro atoms. The minimum atomic E-state index is -0.351. The van der Waals surface area contributed by atoms with Gasteiger partial charge in [0.15, 0.2) is 0 Å². The molecule has 1 aromatic rings. The lowest BCUT2D eigenvalue weighted by Crippen LogP contribution is -2.35. The second-order valence-corrected chi connectivity index (χ2v) is 6.14. The van der Waals surface area contributed by atoms with E-state index in [2.05, 4.69) is 18.7 Å². The van der Waals surface area contributed by atoms with Crippen LogP contribution < -0.4 is 0 Å². The van der Waals surface area contributed by atoms with Crippen LogP contribution in [0.3, 0.4) is 0 Å². The number of carbonyl (C=O) groups is 2. The summed E-state index contributed by atoms with van der Waals surface area (Å²) in [7, 11) is 0. The standard InChI is InChI=1S/C18H17NO2/c1-2-14(11-6-4-3-5-7-11)19-17(20)15-12-8-9-13(10-12)16(15)18(19)21/h2-9,12-16H,1,10H2. The van der Waals surface area contributed by atoms with Crippen molar-refractivity contribution in [2.75, 3.05) is 0 Å². The molecule has 0 N–H and O–H groups in total. The molecular formula is C18H17NO2. The van der Waals surface area contributed by atoms with E-state index in [4.69, 9.17) is 0 Å². The van der Waals surface area contributed by atoms with Crippen molar-refractivity contribution < 1.29 is 9.59 Å². The maximum atomic E-state index is 12.8. The monoisotopic (exact) mass is 279 g/mol. The summed E-state index contributed by atoms with van der Waals surface area (Å²) in [5.74, 6) is 0.189. The molecule has 2 amide bonds. The number of allylic oxidation sites excluding steroid dienone is 2. The Labute approximate surface area is 123 Å². The molecule has 1 saturated heterocycles. The SMILES string of the molecule is C=CC(c1ccccc1)N1C(=O)C2C3C=CC(C3)C2C1=O. The predicted molar refractivity (Wildman–Crippen MR) is 79.0 cm³/mol. The zero-order valence-electron chi connectivity index (χ0n) is 11.7. The average molecular weight is 279 g/mol. The third-order valence-corrected chi connectivity index (χ3v) is 5.15. The van der Waals surface area contributed by atoms with Gasteiger partial charge in [-0.15, -0.1) is 6.58 Å². The smallest absolute Gasteiger partial charge is 0.234 e. The summed E-state index contributed by atoms with van der Waals surface area (Å²) in [6.45, 7) is 3.84. The van der Waals surface area contributed by atoms with E-state index in [1.807, 2.05) is 30.3 Å². The Balaban J connectivity index is 1.72. The van der Waals surface area contributed by atoms with Gasteiger partial charge in [0.2, 0.25) is 11.8 Å². The highest BCUT2D eigenvalue weighted by molar-refractivity contribution is 6.07. The van der Waals surface area contributed by atoms with Crippen LogP contribution in [0.15, 0.2) is 55.1 Å². The molecule has 1 saturated carbocycles. The van der Waals surface area contributed by atoms with Gasteiger partial charge in [0.1, 0.15) is 0 Å². The Bertz CT molecular complexity index is 618. The normalized spacial score (nSPS) is 34.4. The first-order valence-electron chi connectivity index (χ1n) is 7.45. The van der Waals surface area contributed by atoms with Crippen LogP contribution in [0.1, 0.15) is 18.0 Å². The summed E-state index contributed by atoms with van der Waals surface area (Å²) in [6.07, 6.45) is 6.89. The maximum Gasteiger partial charge on any atom is 0.234 e. The van der Waals surface area contributed by atoms with Gasteiger partial charge in [-0.2, -0.15) is 0 Å². The first-order chi connectivity index (χ1) is 10.2. The molecule has 4 rings (SSSR count). The zero-order chi connectivity index (χ0) is 14.6. The van der Waals surface area contributed by atoms with E-state index in [1.165, 1.54) is 4.90 Å². The number of imide groups is 1. The van der Waals surface area contributed by atoms with E-state index >= 15 is 0 Å². The summed E-state index contributed by atoms with van der Waals surface area (Å²) in [5.41, 5.74) is 0.939. The van der Waals surface area contributed by atoms with Crippen LogP contribution in [0.2, 0.25) is 0 Å². The van der Waals surface area contributed by atoms with Gasteiger partial charge in [-0.25, -0.2) is 0 Å². The van der Waals surface area contributed by atoms with Crippen molar-refractivity contribution in [2.45, 2.75) is 12.5 Å². The largest absolute Gasteiger partial charge is 0.274 e. The number of likely N-dealkylation sites (tertiary alicyclic amines) is 1. The van der Waals surface area contributed by atoms with Crippen molar-refractivity contribution >= 4 is 11.8 Å². The molecule has 1 aliphatic heterocycles. The van der Waals surface area contributed by atoms with Gasteiger partial charge in [-0.3, -0.25) is 14.5 Å². The molecule has 5 unspecified atom stereocenters. The van der Waals surface area contributed by atoms with Crippen molar-refractivity contribution in [3.63, 3.8) is 0 Å². The number of rotatable bonds is 3. The van der Waals surface area contributed by atoms with Crippen LogP contribution in [0.25, 0.3) is 0 Å². The van der Waals surface area contributed by atoms with E-state index in [0.29, 0.717) is 0 Å². The van der Waals surface area contributed by atoms with Crippen molar-refractivity contribution in [1.29, 1.82) is 0 Å². The van der Waals surface area contributed by atoms with Gasteiger partial charge >= 0.3 is 0 Å². The molecule has 3 aliphatic rings. The lowest BCUT2D eigenvalue weighted by Gasteiger charge is -2.25. The Morgan fingerprint density at radius 1 is 1.05 bits per heavy atom. The quantitative estimate of drug-likeness (QED) is 0.630. The highest BCUT2D eigenvalue weighted by Crippen LogP contribution is 2.53. The van der Waals surface area contributed by atoms with Gasteiger partial charge in [0.25, 0.3) is 0 Å². The van der Waals surface area contributed by atoms with Crippen LogP contribution in [0.5, 0.6) is 0 Å². The molecule has 2 fully saturated rings. The lowest BCUT2D eigenvalue weighted by atomic mass is 9.85. The zero-order valence-corrected chi connectivity index (χ0v) is 11.7. The van der Waals surface area contributed by atoms with Gasteiger partial charge in [0.05, 0.1) is 17.9 Å². The number of benzene rings is 1. The Morgan fingerprint density at radius 2 is 1.62 bits per heavy atom. The Kier molecular flexibility index (Phi) is 2.64. The Morgan fingerprint density at radius 3 is 2.14 bits per heavy atom. The summed E-state index contributed by atoms with van der Waals surface area (Å²) in [5, 5.41) is 0. The van der Waals surface area contributed by atoms with E-state index in [0.717, 1.165) is 12.0 Å². The fourth-order valence-electron chi connectivity index (χ4n) is 4.24. The van der Waals surface area contributed by atoms with E-state index < -0.39 is 0 Å². The number of hydrogen-bond donors (Lipinski definition) is 0. The molecule has 1 aromatic carbocycles. The molecule has 3 nitrogen and oxygen atoms in total. The maximum absolute atomic E-state index is 12.8. The highest BCUT2D eigenvalue weighted by atomic mass is 16.2. The van der Waals surface area contributed by atoms with Crippen LogP contribution in [-0.4, -0.2) is 16.7 Å². The Hall–Kier alpha value is -2.16. The second kappa shape index (κ2) is 4.42. The molecule has 0 radical (unpaired) electrons. The van der Waals surface area contributed by atoms with Gasteiger partial charge < -0.3 is 0 Å². The molecule has 2 aliphatic carbocycles. The number of nitrogens with zero attached hydrogens (tertiary/aromatic N) is 1. The fraction of sp³-hybridized carbons (Fsp3) is 0.333. The van der Waals surface area contributed by atoms with Crippen molar-refractivity contribution in [3.05, 3.63) is 60.7 Å². The first-order valence-corrected chi connectivity index (χ1v) is 7.45. The number of carbonyl (C=O) groups excluding carboxylic acids is 2. The van der Waals surface area contributed by atoms with E-state index in [-0.39, 0.29) is 41.5 Å². The van der Waals surface area contributed by atoms with Gasteiger partial charge in [-0.05, 0) is 23.8 Å². The van der Waals surface area contributed by atoms with E-state index in [1.54, 1.807) is 6.08 Å². The van der Waals surface area contributed by atoms with Crippen molar-refractivity contribution in [1.82, 2.24) is 4.90 Å². The number of hydrogen-bond acceptors (Lipinski definition) is 2. The first kappa shape index (κ1) is 12.6. The fourth-order valence-corrected chi connectivity index (χ4v) is 4.24. The van der Waals surface area contributed by atoms with Crippen LogP contribution in [0.4, 0.5) is 0 Å². The third kappa shape index (κ3) is 1.60.